The van der Waals surface area contributed by atoms with Crippen LogP contribution in [0.5, 0.6) is 0 Å². The standard InChI is InChI=1S/C8H8N2O5S2/c1-16(11,12)10-8-3-2-7(17(13,14)15)4-6(8)5-9/h2-4,10H,1H3,(H,13,14,15). The molecule has 0 saturated carbocycles. The van der Waals surface area contributed by atoms with E-state index in [1.54, 1.807) is 6.07 Å². The van der Waals surface area contributed by atoms with Crippen molar-refractivity contribution in [3.05, 3.63) is 23.8 Å². The Bertz CT molecular complexity index is 685. The Morgan fingerprint density at radius 1 is 1.29 bits per heavy atom. The summed E-state index contributed by atoms with van der Waals surface area (Å²) in [7, 11) is -8.00. The zero-order valence-corrected chi connectivity index (χ0v) is 10.2. The number of sulfonamides is 1. The molecular formula is C8H8N2O5S2. The van der Waals surface area contributed by atoms with Gasteiger partial charge in [-0.05, 0) is 18.2 Å². The maximum Gasteiger partial charge on any atom is 0.294 e. The molecule has 0 saturated heterocycles. The van der Waals surface area contributed by atoms with Crippen molar-refractivity contribution in [3.8, 4) is 6.07 Å². The first-order valence-corrected chi connectivity index (χ1v) is 7.46. The van der Waals surface area contributed by atoms with E-state index in [-0.39, 0.29) is 11.3 Å². The van der Waals surface area contributed by atoms with Crippen molar-refractivity contribution in [2.45, 2.75) is 4.90 Å². The summed E-state index contributed by atoms with van der Waals surface area (Å²) >= 11 is 0. The van der Waals surface area contributed by atoms with E-state index in [0.29, 0.717) is 0 Å². The lowest BCUT2D eigenvalue weighted by atomic mass is 10.2. The molecule has 0 amide bonds. The first kappa shape index (κ1) is 13.4. The molecule has 0 bridgehead atoms. The number of hydrogen-bond donors (Lipinski definition) is 2. The van der Waals surface area contributed by atoms with Gasteiger partial charge in [-0.15, -0.1) is 0 Å². The van der Waals surface area contributed by atoms with E-state index in [0.717, 1.165) is 24.5 Å². The van der Waals surface area contributed by atoms with Crippen LogP contribution in [0.2, 0.25) is 0 Å². The molecule has 0 fully saturated rings. The summed E-state index contributed by atoms with van der Waals surface area (Å²) in [5, 5.41) is 8.74. The summed E-state index contributed by atoms with van der Waals surface area (Å²) < 4.78 is 54.3. The average Bonchev–Trinajstić information content (AvgIpc) is 2.14. The molecule has 2 N–H and O–H groups in total. The second-order valence-corrected chi connectivity index (χ2v) is 6.34. The first-order chi connectivity index (χ1) is 7.63. The van der Waals surface area contributed by atoms with Gasteiger partial charge in [-0.25, -0.2) is 8.42 Å². The minimum atomic E-state index is -4.42. The zero-order chi connectivity index (χ0) is 13.3. The van der Waals surface area contributed by atoms with Crippen LogP contribution in [-0.2, 0) is 20.1 Å². The van der Waals surface area contributed by atoms with Crippen molar-refractivity contribution < 1.29 is 21.4 Å². The normalized spacial score (nSPS) is 11.8. The van der Waals surface area contributed by atoms with Crippen LogP contribution in [0.15, 0.2) is 23.1 Å². The molecule has 17 heavy (non-hydrogen) atoms. The fourth-order valence-electron chi connectivity index (χ4n) is 1.07. The highest BCUT2D eigenvalue weighted by atomic mass is 32.2. The Morgan fingerprint density at radius 3 is 2.29 bits per heavy atom. The zero-order valence-electron chi connectivity index (χ0n) is 8.58. The van der Waals surface area contributed by atoms with Crippen molar-refractivity contribution in [2.24, 2.45) is 0 Å². The van der Waals surface area contributed by atoms with Crippen molar-refractivity contribution in [3.63, 3.8) is 0 Å². The molecule has 1 aromatic carbocycles. The number of nitriles is 1. The number of rotatable bonds is 3. The number of anilines is 1. The summed E-state index contributed by atoms with van der Waals surface area (Å²) in [6.07, 6.45) is 0.894. The SMILES string of the molecule is CS(=O)(=O)Nc1ccc(S(=O)(=O)O)cc1C#N. The number of nitrogens with one attached hydrogen (secondary N) is 1. The number of nitrogens with zero attached hydrogens (tertiary/aromatic N) is 1. The highest BCUT2D eigenvalue weighted by Gasteiger charge is 2.14. The molecule has 0 aliphatic rings. The van der Waals surface area contributed by atoms with Gasteiger partial charge < -0.3 is 0 Å². The lowest BCUT2D eigenvalue weighted by molar-refractivity contribution is 0.483. The summed E-state index contributed by atoms with van der Waals surface area (Å²) in [6, 6.07) is 4.58. The molecule has 0 heterocycles. The minimum absolute atomic E-state index is 0.0533. The Morgan fingerprint density at radius 2 is 1.88 bits per heavy atom. The number of hydrogen-bond acceptors (Lipinski definition) is 5. The van der Waals surface area contributed by atoms with Crippen LogP contribution in [-0.4, -0.2) is 27.6 Å². The lowest BCUT2D eigenvalue weighted by Gasteiger charge is -2.06. The van der Waals surface area contributed by atoms with E-state index in [9.17, 15) is 16.8 Å². The molecule has 1 rings (SSSR count). The van der Waals surface area contributed by atoms with Crippen LogP contribution in [0.3, 0.4) is 0 Å². The van der Waals surface area contributed by atoms with Gasteiger partial charge in [0, 0.05) is 0 Å². The molecule has 0 atom stereocenters. The van der Waals surface area contributed by atoms with Gasteiger partial charge >= 0.3 is 0 Å². The molecule has 92 valence electrons. The van der Waals surface area contributed by atoms with Crippen LogP contribution in [0.25, 0.3) is 0 Å². The van der Waals surface area contributed by atoms with Crippen LogP contribution >= 0.6 is 0 Å². The van der Waals surface area contributed by atoms with Crippen LogP contribution < -0.4 is 4.72 Å². The van der Waals surface area contributed by atoms with Crippen LogP contribution in [0, 0.1) is 11.3 Å². The summed E-state index contributed by atoms with van der Waals surface area (Å²) in [5.41, 5.74) is -0.257. The molecule has 0 aliphatic heterocycles. The largest absolute Gasteiger partial charge is 0.294 e. The molecule has 1 aromatic rings. The van der Waals surface area contributed by atoms with Crippen molar-refractivity contribution in [1.82, 2.24) is 0 Å². The van der Waals surface area contributed by atoms with Crippen LogP contribution in [0.1, 0.15) is 5.56 Å². The summed E-state index contributed by atoms with van der Waals surface area (Å²) in [4.78, 5) is -0.479. The van der Waals surface area contributed by atoms with Gasteiger partial charge in [-0.2, -0.15) is 13.7 Å². The van der Waals surface area contributed by atoms with Gasteiger partial charge in [0.2, 0.25) is 10.0 Å². The van der Waals surface area contributed by atoms with Crippen molar-refractivity contribution in [2.75, 3.05) is 11.0 Å². The first-order valence-electron chi connectivity index (χ1n) is 4.13. The molecular weight excluding hydrogens is 268 g/mol. The van der Waals surface area contributed by atoms with Gasteiger partial charge in [-0.3, -0.25) is 9.27 Å². The molecule has 7 nitrogen and oxygen atoms in total. The third-order valence-corrected chi connectivity index (χ3v) is 3.15. The van der Waals surface area contributed by atoms with Crippen molar-refractivity contribution in [1.29, 1.82) is 5.26 Å². The average molecular weight is 276 g/mol. The van der Waals surface area contributed by atoms with E-state index in [1.165, 1.54) is 0 Å². The fourth-order valence-corrected chi connectivity index (χ4v) is 2.15. The molecule has 0 unspecified atom stereocenters. The van der Waals surface area contributed by atoms with Crippen LogP contribution in [0.4, 0.5) is 5.69 Å². The summed E-state index contributed by atoms with van der Waals surface area (Å²) in [5.74, 6) is 0. The maximum absolute atomic E-state index is 11.0. The Hall–Kier alpha value is -1.63. The van der Waals surface area contributed by atoms with E-state index in [2.05, 4.69) is 4.72 Å². The van der Waals surface area contributed by atoms with Gasteiger partial charge in [-0.1, -0.05) is 0 Å². The molecule has 0 radical (unpaired) electrons. The van der Waals surface area contributed by atoms with Gasteiger partial charge in [0.15, 0.2) is 0 Å². The monoisotopic (exact) mass is 276 g/mol. The quantitative estimate of drug-likeness (QED) is 0.758. The Balaban J connectivity index is 3.35. The highest BCUT2D eigenvalue weighted by Crippen LogP contribution is 2.20. The van der Waals surface area contributed by atoms with E-state index in [1.807, 2.05) is 0 Å². The fraction of sp³-hybridized carbons (Fsp3) is 0.125. The summed E-state index contributed by atoms with van der Waals surface area (Å²) in [6.45, 7) is 0. The number of benzene rings is 1. The predicted molar refractivity (Wildman–Crippen MR) is 59.4 cm³/mol. The smallest absolute Gasteiger partial charge is 0.282 e. The molecule has 9 heteroatoms. The Kier molecular flexibility index (Phi) is 3.42. The molecule has 0 spiro atoms. The maximum atomic E-state index is 11.0. The topological polar surface area (TPSA) is 124 Å². The molecule has 0 aromatic heterocycles. The lowest BCUT2D eigenvalue weighted by Crippen LogP contribution is -2.11. The van der Waals surface area contributed by atoms with Gasteiger partial charge in [0.05, 0.1) is 22.4 Å². The Labute approximate surface area is 98.5 Å². The highest BCUT2D eigenvalue weighted by molar-refractivity contribution is 7.92. The van der Waals surface area contributed by atoms with E-state index in [4.69, 9.17) is 9.81 Å². The van der Waals surface area contributed by atoms with Gasteiger partial charge in [0.1, 0.15) is 6.07 Å². The second-order valence-electron chi connectivity index (χ2n) is 3.17. The van der Waals surface area contributed by atoms with E-state index >= 15 is 0 Å². The second kappa shape index (κ2) is 4.33. The third-order valence-electron chi connectivity index (χ3n) is 1.70. The van der Waals surface area contributed by atoms with Gasteiger partial charge in [0.25, 0.3) is 10.1 Å². The third kappa shape index (κ3) is 3.70. The predicted octanol–water partition coefficient (Wildman–Crippen LogP) is 0.176. The minimum Gasteiger partial charge on any atom is -0.282 e. The van der Waals surface area contributed by atoms with Crippen molar-refractivity contribution >= 4 is 25.8 Å². The van der Waals surface area contributed by atoms with E-state index < -0.39 is 25.0 Å². The molecule has 0 aliphatic carbocycles.